The first kappa shape index (κ1) is 19.9. The molecule has 2 N–H and O–H groups in total. The van der Waals surface area contributed by atoms with E-state index in [1.165, 1.54) is 5.56 Å². The Morgan fingerprint density at radius 1 is 1.36 bits per heavy atom. The van der Waals surface area contributed by atoms with Gasteiger partial charge in [0, 0.05) is 25.4 Å². The van der Waals surface area contributed by atoms with Gasteiger partial charge in [-0.2, -0.15) is 0 Å². The predicted octanol–water partition coefficient (Wildman–Crippen LogP) is 2.89. The van der Waals surface area contributed by atoms with E-state index in [0.29, 0.717) is 38.1 Å². The fourth-order valence-corrected chi connectivity index (χ4v) is 3.04. The Kier molecular flexibility index (Phi) is 8.38. The number of carbonyl (C=O) groups excluding carboxylic acids is 1. The van der Waals surface area contributed by atoms with Gasteiger partial charge in [0.25, 0.3) is 0 Å². The van der Waals surface area contributed by atoms with E-state index in [2.05, 4.69) is 30.1 Å². The summed E-state index contributed by atoms with van der Waals surface area (Å²) < 4.78 is 5.46. The van der Waals surface area contributed by atoms with Gasteiger partial charge in [0.05, 0.1) is 13.0 Å². The molecule has 1 heterocycles. The molecule has 1 saturated heterocycles. The number of rotatable bonds is 9. The summed E-state index contributed by atoms with van der Waals surface area (Å²) in [5.41, 5.74) is 2.05. The highest BCUT2D eigenvalue weighted by molar-refractivity contribution is 5.90. The molecular weight excluding hydrogens is 316 g/mol. The van der Waals surface area contributed by atoms with Crippen LogP contribution in [0, 0.1) is 11.8 Å². The molecule has 0 aliphatic carbocycles. The van der Waals surface area contributed by atoms with Crippen LogP contribution >= 0.6 is 0 Å². The van der Waals surface area contributed by atoms with E-state index in [4.69, 9.17) is 4.74 Å². The minimum Gasteiger partial charge on any atom is -0.396 e. The Hall–Kier alpha value is -1.43. The number of amides is 1. The molecule has 1 aromatic carbocycles. The van der Waals surface area contributed by atoms with Crippen molar-refractivity contribution in [1.29, 1.82) is 0 Å². The van der Waals surface area contributed by atoms with E-state index in [-0.39, 0.29) is 5.91 Å². The number of benzene rings is 1. The van der Waals surface area contributed by atoms with Crippen LogP contribution in [0.25, 0.3) is 0 Å². The van der Waals surface area contributed by atoms with Gasteiger partial charge in [-0.25, -0.2) is 0 Å². The second kappa shape index (κ2) is 10.5. The van der Waals surface area contributed by atoms with Gasteiger partial charge >= 0.3 is 0 Å². The lowest BCUT2D eigenvalue weighted by Crippen LogP contribution is -2.34. The average Bonchev–Trinajstić information content (AvgIpc) is 2.59. The first-order valence-corrected chi connectivity index (χ1v) is 9.36. The van der Waals surface area contributed by atoms with Gasteiger partial charge in [-0.1, -0.05) is 26.0 Å². The van der Waals surface area contributed by atoms with Crippen LogP contribution in [0.3, 0.4) is 0 Å². The van der Waals surface area contributed by atoms with Crippen molar-refractivity contribution in [2.75, 3.05) is 38.2 Å². The molecule has 1 aliphatic heterocycles. The summed E-state index contributed by atoms with van der Waals surface area (Å²) >= 11 is 0. The van der Waals surface area contributed by atoms with Gasteiger partial charge < -0.3 is 15.2 Å². The van der Waals surface area contributed by atoms with Gasteiger partial charge in [0.2, 0.25) is 5.91 Å². The van der Waals surface area contributed by atoms with Crippen LogP contribution < -0.4 is 5.32 Å². The molecule has 5 heteroatoms. The number of hydrogen-bond donors (Lipinski definition) is 2. The normalized spacial score (nSPS) is 16.3. The number of nitrogens with zero attached hydrogens (tertiary/aromatic N) is 1. The van der Waals surface area contributed by atoms with Crippen molar-refractivity contribution in [3.8, 4) is 0 Å². The van der Waals surface area contributed by atoms with E-state index in [1.54, 1.807) is 0 Å². The zero-order valence-electron chi connectivity index (χ0n) is 15.5. The van der Waals surface area contributed by atoms with Crippen LogP contribution in [0.5, 0.6) is 0 Å². The first-order chi connectivity index (χ1) is 12.1. The van der Waals surface area contributed by atoms with Crippen LogP contribution in [0.2, 0.25) is 0 Å². The Labute approximate surface area is 151 Å². The Balaban J connectivity index is 1.75. The minimum absolute atomic E-state index is 0.00957. The first-order valence-electron chi connectivity index (χ1n) is 9.36. The van der Waals surface area contributed by atoms with Crippen molar-refractivity contribution in [2.24, 2.45) is 11.8 Å². The number of piperidine rings is 1. The van der Waals surface area contributed by atoms with Gasteiger partial charge in [-0.3, -0.25) is 9.69 Å². The molecule has 0 radical (unpaired) electrons. The molecule has 1 aliphatic rings. The predicted molar refractivity (Wildman–Crippen MR) is 100 cm³/mol. The van der Waals surface area contributed by atoms with Gasteiger partial charge in [-0.05, 0) is 55.5 Å². The second-order valence-corrected chi connectivity index (χ2v) is 7.37. The maximum Gasteiger partial charge on any atom is 0.226 e. The van der Waals surface area contributed by atoms with E-state index in [1.807, 2.05) is 18.2 Å². The molecule has 140 valence electrons. The van der Waals surface area contributed by atoms with Gasteiger partial charge in [0.1, 0.15) is 0 Å². The minimum atomic E-state index is -0.00957. The number of hydrogen-bond acceptors (Lipinski definition) is 4. The summed E-state index contributed by atoms with van der Waals surface area (Å²) in [4.78, 5) is 14.4. The third-order valence-electron chi connectivity index (χ3n) is 4.51. The lowest BCUT2D eigenvalue weighted by Gasteiger charge is -2.31. The molecule has 1 fully saturated rings. The largest absolute Gasteiger partial charge is 0.396 e. The quantitative estimate of drug-likeness (QED) is 0.674. The maximum atomic E-state index is 12.0. The molecule has 25 heavy (non-hydrogen) atoms. The average molecular weight is 348 g/mol. The highest BCUT2D eigenvalue weighted by Crippen LogP contribution is 2.19. The Bertz CT molecular complexity index is 525. The number of aliphatic hydroxyl groups excluding tert-OH is 1. The lowest BCUT2D eigenvalue weighted by atomic mass is 9.97. The summed E-state index contributed by atoms with van der Waals surface area (Å²) in [6.45, 7) is 8.58. The monoisotopic (exact) mass is 348 g/mol. The van der Waals surface area contributed by atoms with Crippen molar-refractivity contribution >= 4 is 11.6 Å². The SMILES string of the molecule is CC(C)COCCC(=O)Nc1cccc(CN2CCC(CO)CC2)c1. The van der Waals surface area contributed by atoms with Crippen molar-refractivity contribution in [1.82, 2.24) is 4.90 Å². The summed E-state index contributed by atoms with van der Waals surface area (Å²) in [7, 11) is 0. The van der Waals surface area contributed by atoms with Crippen LogP contribution in [0.1, 0.15) is 38.7 Å². The van der Waals surface area contributed by atoms with E-state index in [9.17, 15) is 9.90 Å². The molecule has 0 bridgehead atoms. The molecule has 0 unspecified atom stereocenters. The molecule has 0 spiro atoms. The summed E-state index contributed by atoms with van der Waals surface area (Å²) in [6.07, 6.45) is 2.50. The highest BCUT2D eigenvalue weighted by atomic mass is 16.5. The lowest BCUT2D eigenvalue weighted by molar-refractivity contribution is -0.117. The maximum absolute atomic E-state index is 12.0. The fraction of sp³-hybridized carbons (Fsp3) is 0.650. The third kappa shape index (κ3) is 7.55. The van der Waals surface area contributed by atoms with Crippen molar-refractivity contribution in [3.05, 3.63) is 29.8 Å². The highest BCUT2D eigenvalue weighted by Gasteiger charge is 2.18. The van der Waals surface area contributed by atoms with Crippen LogP contribution in [0.15, 0.2) is 24.3 Å². The van der Waals surface area contributed by atoms with Crippen molar-refractivity contribution in [2.45, 2.75) is 39.7 Å². The van der Waals surface area contributed by atoms with Crippen LogP contribution in [-0.4, -0.2) is 48.8 Å². The molecule has 1 aromatic rings. The summed E-state index contributed by atoms with van der Waals surface area (Å²) in [5, 5.41) is 12.2. The van der Waals surface area contributed by atoms with E-state index >= 15 is 0 Å². The molecule has 0 saturated carbocycles. The number of ether oxygens (including phenoxy) is 1. The van der Waals surface area contributed by atoms with Crippen LogP contribution in [-0.2, 0) is 16.1 Å². The Morgan fingerprint density at radius 2 is 2.12 bits per heavy atom. The van der Waals surface area contributed by atoms with E-state index < -0.39 is 0 Å². The number of nitrogens with one attached hydrogen (secondary N) is 1. The zero-order chi connectivity index (χ0) is 18.1. The van der Waals surface area contributed by atoms with E-state index in [0.717, 1.165) is 38.2 Å². The van der Waals surface area contributed by atoms with Crippen molar-refractivity contribution in [3.63, 3.8) is 0 Å². The number of carbonyl (C=O) groups is 1. The second-order valence-electron chi connectivity index (χ2n) is 7.37. The smallest absolute Gasteiger partial charge is 0.226 e. The summed E-state index contributed by atoms with van der Waals surface area (Å²) in [6, 6.07) is 8.06. The Morgan fingerprint density at radius 3 is 2.80 bits per heavy atom. The molecule has 1 amide bonds. The number of aliphatic hydroxyl groups is 1. The van der Waals surface area contributed by atoms with Gasteiger partial charge in [0.15, 0.2) is 0 Å². The van der Waals surface area contributed by atoms with Crippen molar-refractivity contribution < 1.29 is 14.6 Å². The number of anilines is 1. The molecule has 0 atom stereocenters. The topological polar surface area (TPSA) is 61.8 Å². The molecule has 0 aromatic heterocycles. The molecule has 2 rings (SSSR count). The summed E-state index contributed by atoms with van der Waals surface area (Å²) in [5.74, 6) is 0.937. The zero-order valence-corrected chi connectivity index (χ0v) is 15.5. The third-order valence-corrected chi connectivity index (χ3v) is 4.51. The fourth-order valence-electron chi connectivity index (χ4n) is 3.04. The van der Waals surface area contributed by atoms with Gasteiger partial charge in [-0.15, -0.1) is 0 Å². The molecular formula is C20H32N2O3. The van der Waals surface area contributed by atoms with Crippen LogP contribution in [0.4, 0.5) is 5.69 Å². The number of likely N-dealkylation sites (tertiary alicyclic amines) is 1. The molecule has 5 nitrogen and oxygen atoms in total. The standard InChI is InChI=1S/C20H32N2O3/c1-16(2)15-25-11-8-20(24)21-19-5-3-4-18(12-19)13-22-9-6-17(14-23)7-10-22/h3-5,12,16-17,23H,6-11,13-15H2,1-2H3,(H,21,24).